The van der Waals surface area contributed by atoms with Crippen LogP contribution in [0.3, 0.4) is 0 Å². The van der Waals surface area contributed by atoms with Gasteiger partial charge in [-0.3, -0.25) is 9.59 Å². The molecule has 112 valence electrons. The Bertz CT molecular complexity index is 676. The molecule has 1 unspecified atom stereocenters. The third kappa shape index (κ3) is 4.43. The van der Waals surface area contributed by atoms with Crippen LogP contribution in [0, 0.1) is 11.3 Å². The van der Waals surface area contributed by atoms with Gasteiger partial charge in [-0.25, -0.2) is 0 Å². The lowest BCUT2D eigenvalue weighted by molar-refractivity contribution is -0.138. The van der Waals surface area contributed by atoms with Gasteiger partial charge < -0.3 is 10.4 Å². The minimum atomic E-state index is -1.03. The van der Waals surface area contributed by atoms with Crippen molar-refractivity contribution in [3.05, 3.63) is 35.4 Å². The topological polar surface area (TPSA) is 115 Å². The zero-order valence-electron chi connectivity index (χ0n) is 11.4. The van der Waals surface area contributed by atoms with Crippen molar-refractivity contribution in [2.75, 3.05) is 0 Å². The van der Waals surface area contributed by atoms with E-state index in [2.05, 4.69) is 21.6 Å². The van der Waals surface area contributed by atoms with Gasteiger partial charge in [0.2, 0.25) is 5.91 Å². The maximum Gasteiger partial charge on any atom is 0.305 e. The Morgan fingerprint density at radius 2 is 2.18 bits per heavy atom. The van der Waals surface area contributed by atoms with Gasteiger partial charge in [0, 0.05) is 0 Å². The SMILES string of the molecule is N#CCc1ccc(C=NN=C2NC(=O)C(CC(=O)O)S2)cc1. The minimum absolute atomic E-state index is 0.250. The maximum absolute atomic E-state index is 11.5. The van der Waals surface area contributed by atoms with E-state index < -0.39 is 11.2 Å². The smallest absolute Gasteiger partial charge is 0.305 e. The molecule has 1 atom stereocenters. The van der Waals surface area contributed by atoms with Gasteiger partial charge in [0.15, 0.2) is 5.17 Å². The summed E-state index contributed by atoms with van der Waals surface area (Å²) in [6.45, 7) is 0. The highest BCUT2D eigenvalue weighted by molar-refractivity contribution is 8.15. The van der Waals surface area contributed by atoms with Crippen LogP contribution < -0.4 is 5.32 Å². The van der Waals surface area contributed by atoms with E-state index in [1.807, 2.05) is 24.3 Å². The second-order valence-corrected chi connectivity index (χ2v) is 5.61. The first-order chi connectivity index (χ1) is 10.6. The highest BCUT2D eigenvalue weighted by Crippen LogP contribution is 2.22. The van der Waals surface area contributed by atoms with Gasteiger partial charge in [-0.2, -0.15) is 10.4 Å². The van der Waals surface area contributed by atoms with Crippen LogP contribution >= 0.6 is 11.8 Å². The van der Waals surface area contributed by atoms with Crippen LogP contribution in [0.4, 0.5) is 0 Å². The zero-order chi connectivity index (χ0) is 15.9. The molecule has 8 heteroatoms. The number of carboxylic acids is 1. The fraction of sp³-hybridized carbons (Fsp3) is 0.214. The summed E-state index contributed by atoms with van der Waals surface area (Å²) in [6, 6.07) is 9.34. The molecule has 1 aromatic carbocycles. The second-order valence-electron chi connectivity index (χ2n) is 4.42. The Kier molecular flexibility index (Phi) is 5.27. The number of thioether (sulfide) groups is 1. The average Bonchev–Trinajstić information content (AvgIpc) is 2.81. The summed E-state index contributed by atoms with van der Waals surface area (Å²) in [4.78, 5) is 22.1. The van der Waals surface area contributed by atoms with Crippen molar-refractivity contribution in [2.24, 2.45) is 10.2 Å². The molecule has 0 saturated carbocycles. The van der Waals surface area contributed by atoms with Gasteiger partial charge in [0.05, 0.1) is 25.1 Å². The average molecular weight is 316 g/mol. The highest BCUT2D eigenvalue weighted by atomic mass is 32.2. The third-order valence-corrected chi connectivity index (χ3v) is 3.83. The Balaban J connectivity index is 1.95. The number of carboxylic acid groups (broad SMARTS) is 1. The van der Waals surface area contributed by atoms with E-state index in [0.29, 0.717) is 6.42 Å². The van der Waals surface area contributed by atoms with Crippen molar-refractivity contribution in [3.8, 4) is 6.07 Å². The predicted octanol–water partition coefficient (Wildman–Crippen LogP) is 1.15. The third-order valence-electron chi connectivity index (χ3n) is 2.75. The quantitative estimate of drug-likeness (QED) is 0.624. The Hall–Kier alpha value is -2.66. The summed E-state index contributed by atoms with van der Waals surface area (Å²) in [5.41, 5.74) is 1.73. The second kappa shape index (κ2) is 7.38. The van der Waals surface area contributed by atoms with E-state index in [4.69, 9.17) is 10.4 Å². The Morgan fingerprint density at radius 1 is 1.45 bits per heavy atom. The molecule has 0 bridgehead atoms. The van der Waals surface area contributed by atoms with E-state index in [1.165, 1.54) is 6.21 Å². The summed E-state index contributed by atoms with van der Waals surface area (Å²) in [6.07, 6.45) is 1.62. The molecule has 1 saturated heterocycles. The van der Waals surface area contributed by atoms with Crippen LogP contribution in [0.2, 0.25) is 0 Å². The van der Waals surface area contributed by atoms with Gasteiger partial charge in [-0.15, -0.1) is 5.10 Å². The van der Waals surface area contributed by atoms with Crippen LogP contribution in [-0.4, -0.2) is 33.6 Å². The maximum atomic E-state index is 11.5. The number of amidine groups is 1. The van der Waals surface area contributed by atoms with Crippen molar-refractivity contribution in [1.29, 1.82) is 5.26 Å². The Morgan fingerprint density at radius 3 is 2.82 bits per heavy atom. The number of nitrogens with one attached hydrogen (secondary N) is 1. The number of nitrogens with zero attached hydrogens (tertiary/aromatic N) is 3. The van der Waals surface area contributed by atoms with Crippen LogP contribution in [-0.2, 0) is 16.0 Å². The predicted molar refractivity (Wildman–Crippen MR) is 82.6 cm³/mol. The van der Waals surface area contributed by atoms with E-state index in [0.717, 1.165) is 22.9 Å². The molecule has 1 aliphatic heterocycles. The fourth-order valence-electron chi connectivity index (χ4n) is 1.71. The van der Waals surface area contributed by atoms with Gasteiger partial charge in [0.25, 0.3) is 0 Å². The number of carbonyl (C=O) groups excluding carboxylic acids is 1. The molecular formula is C14H12N4O3S. The molecule has 2 rings (SSSR count). The largest absolute Gasteiger partial charge is 0.481 e. The number of aliphatic carboxylic acids is 1. The summed E-state index contributed by atoms with van der Waals surface area (Å²) in [5.74, 6) is -1.41. The van der Waals surface area contributed by atoms with Gasteiger partial charge in [-0.1, -0.05) is 36.0 Å². The number of nitriles is 1. The fourth-order valence-corrected chi connectivity index (χ4v) is 2.62. The zero-order valence-corrected chi connectivity index (χ0v) is 12.2. The molecule has 1 heterocycles. The molecular weight excluding hydrogens is 304 g/mol. The number of benzene rings is 1. The first-order valence-corrected chi connectivity index (χ1v) is 7.22. The van der Waals surface area contributed by atoms with Crippen molar-refractivity contribution in [3.63, 3.8) is 0 Å². The van der Waals surface area contributed by atoms with Gasteiger partial charge >= 0.3 is 5.97 Å². The molecule has 7 nitrogen and oxygen atoms in total. The number of amides is 1. The number of hydrogen-bond donors (Lipinski definition) is 2. The number of carbonyl (C=O) groups is 2. The van der Waals surface area contributed by atoms with Gasteiger partial charge in [0.1, 0.15) is 5.25 Å². The van der Waals surface area contributed by atoms with E-state index in [9.17, 15) is 9.59 Å². The van der Waals surface area contributed by atoms with Gasteiger partial charge in [-0.05, 0) is 11.1 Å². The summed E-state index contributed by atoms with van der Waals surface area (Å²) >= 11 is 1.05. The summed E-state index contributed by atoms with van der Waals surface area (Å²) in [5, 5.41) is 27.1. The van der Waals surface area contributed by atoms with Crippen LogP contribution in [0.25, 0.3) is 0 Å². The molecule has 0 aromatic heterocycles. The van der Waals surface area contributed by atoms with Crippen LogP contribution in [0.15, 0.2) is 34.5 Å². The van der Waals surface area contributed by atoms with Crippen molar-refractivity contribution in [1.82, 2.24) is 5.32 Å². The lowest BCUT2D eigenvalue weighted by Crippen LogP contribution is -2.26. The number of hydrogen-bond acceptors (Lipinski definition) is 6. The Labute approximate surface area is 130 Å². The van der Waals surface area contributed by atoms with Crippen molar-refractivity contribution in [2.45, 2.75) is 18.1 Å². The summed E-state index contributed by atoms with van der Waals surface area (Å²) in [7, 11) is 0. The molecule has 1 fully saturated rings. The molecule has 1 aromatic rings. The monoisotopic (exact) mass is 316 g/mol. The lowest BCUT2D eigenvalue weighted by Gasteiger charge is -1.97. The molecule has 0 radical (unpaired) electrons. The van der Waals surface area contributed by atoms with Crippen LogP contribution in [0.1, 0.15) is 17.5 Å². The van der Waals surface area contributed by atoms with Crippen molar-refractivity contribution < 1.29 is 14.7 Å². The standard InChI is InChI=1S/C14H12N4O3S/c15-6-5-9-1-3-10(4-2-9)8-16-18-14-17-13(21)11(22-14)7-12(19)20/h1-4,8,11H,5,7H2,(H,19,20)(H,17,18,21). The van der Waals surface area contributed by atoms with Crippen LogP contribution in [0.5, 0.6) is 0 Å². The van der Waals surface area contributed by atoms with Crippen molar-refractivity contribution >= 4 is 35.0 Å². The molecule has 1 amide bonds. The lowest BCUT2D eigenvalue weighted by atomic mass is 10.1. The molecule has 22 heavy (non-hydrogen) atoms. The van der Waals surface area contributed by atoms with E-state index in [-0.39, 0.29) is 17.5 Å². The summed E-state index contributed by atoms with van der Waals surface area (Å²) < 4.78 is 0. The first-order valence-electron chi connectivity index (χ1n) is 6.34. The highest BCUT2D eigenvalue weighted by Gasteiger charge is 2.32. The van der Waals surface area contributed by atoms with E-state index in [1.54, 1.807) is 0 Å². The normalized spacial score (nSPS) is 19.3. The molecule has 0 aliphatic carbocycles. The van der Waals surface area contributed by atoms with E-state index >= 15 is 0 Å². The molecule has 1 aliphatic rings. The first kappa shape index (κ1) is 15.7. The minimum Gasteiger partial charge on any atom is -0.481 e. The number of rotatable bonds is 5. The molecule has 2 N–H and O–H groups in total. The molecule has 0 spiro atoms.